The molecule has 3 aliphatic rings. The first-order valence-electron chi connectivity index (χ1n) is 12.3. The van der Waals surface area contributed by atoms with Crippen molar-refractivity contribution in [3.05, 3.63) is 71.8 Å². The molecule has 0 radical (unpaired) electrons. The Hall–Kier alpha value is -2.46. The Kier molecular flexibility index (Phi) is 5.90. The van der Waals surface area contributed by atoms with Gasteiger partial charge in [0, 0.05) is 35.9 Å². The standard InChI is InChI=1S/C28H33NO3/c30-26(20-9-3-1-4-10-20)21-15-16-22(19-21)27(31)29-18-17-28(32,23-11-5-2-6-12-23)24-13-7-8-14-25(24)29/h1-6,9-12,21-22,24-25,32H,7-8,13-19H2. The minimum absolute atomic E-state index is 0.0560. The van der Waals surface area contributed by atoms with E-state index >= 15 is 0 Å². The SMILES string of the molecule is O=C(c1ccccc1)C1CCC(C(=O)N2CCC(O)(c3ccccc3)C3CCCCC32)C1. The van der Waals surface area contributed by atoms with Crippen molar-refractivity contribution < 1.29 is 14.7 Å². The molecule has 3 fully saturated rings. The second-order valence-corrected chi connectivity index (χ2v) is 9.97. The molecule has 2 aromatic carbocycles. The van der Waals surface area contributed by atoms with Gasteiger partial charge in [-0.3, -0.25) is 9.59 Å². The van der Waals surface area contributed by atoms with Crippen LogP contribution in [0, 0.1) is 17.8 Å². The topological polar surface area (TPSA) is 57.6 Å². The van der Waals surface area contributed by atoms with Gasteiger partial charge in [-0.25, -0.2) is 0 Å². The Labute approximate surface area is 190 Å². The number of rotatable bonds is 4. The maximum Gasteiger partial charge on any atom is 0.225 e. The number of hydrogen-bond donors (Lipinski definition) is 1. The first kappa shape index (κ1) is 21.4. The quantitative estimate of drug-likeness (QED) is 0.696. The van der Waals surface area contributed by atoms with Crippen LogP contribution in [0.2, 0.25) is 0 Å². The molecule has 0 aromatic heterocycles. The molecule has 4 heteroatoms. The molecular weight excluding hydrogens is 398 g/mol. The molecule has 1 N–H and O–H groups in total. The molecule has 0 spiro atoms. The van der Waals surface area contributed by atoms with Crippen LogP contribution in [0.25, 0.3) is 0 Å². The highest BCUT2D eigenvalue weighted by molar-refractivity contribution is 5.98. The van der Waals surface area contributed by atoms with Gasteiger partial charge in [-0.2, -0.15) is 0 Å². The molecule has 2 aromatic rings. The summed E-state index contributed by atoms with van der Waals surface area (Å²) in [6, 6.07) is 19.6. The van der Waals surface area contributed by atoms with Gasteiger partial charge in [0.2, 0.25) is 5.91 Å². The zero-order valence-corrected chi connectivity index (χ0v) is 18.7. The molecule has 1 aliphatic heterocycles. The van der Waals surface area contributed by atoms with Crippen LogP contribution in [0.4, 0.5) is 0 Å². The summed E-state index contributed by atoms with van der Waals surface area (Å²) in [7, 11) is 0. The highest BCUT2D eigenvalue weighted by atomic mass is 16.3. The van der Waals surface area contributed by atoms with Gasteiger partial charge in [-0.15, -0.1) is 0 Å². The first-order chi connectivity index (χ1) is 15.6. The van der Waals surface area contributed by atoms with Crippen molar-refractivity contribution in [3.8, 4) is 0 Å². The van der Waals surface area contributed by atoms with Crippen molar-refractivity contribution in [2.24, 2.45) is 17.8 Å². The normalized spacial score (nSPS) is 32.3. The fraction of sp³-hybridized carbons (Fsp3) is 0.500. The van der Waals surface area contributed by atoms with Crippen LogP contribution < -0.4 is 0 Å². The summed E-state index contributed by atoms with van der Waals surface area (Å²) in [6.07, 6.45) is 6.96. The highest BCUT2D eigenvalue weighted by Gasteiger charge is 2.51. The minimum Gasteiger partial charge on any atom is -0.385 e. The zero-order valence-electron chi connectivity index (χ0n) is 18.7. The molecule has 32 heavy (non-hydrogen) atoms. The third kappa shape index (κ3) is 3.79. The van der Waals surface area contributed by atoms with Crippen molar-refractivity contribution >= 4 is 11.7 Å². The molecule has 2 saturated carbocycles. The van der Waals surface area contributed by atoms with Gasteiger partial charge in [-0.1, -0.05) is 73.5 Å². The third-order valence-corrected chi connectivity index (χ3v) is 8.24. The largest absolute Gasteiger partial charge is 0.385 e. The predicted octanol–water partition coefficient (Wildman–Crippen LogP) is 4.96. The number of piperidine rings is 1. The smallest absolute Gasteiger partial charge is 0.225 e. The van der Waals surface area contributed by atoms with E-state index < -0.39 is 5.60 Å². The van der Waals surface area contributed by atoms with Crippen LogP contribution in [0.15, 0.2) is 60.7 Å². The van der Waals surface area contributed by atoms with Crippen LogP contribution in [0.3, 0.4) is 0 Å². The van der Waals surface area contributed by atoms with E-state index in [1.165, 1.54) is 0 Å². The maximum absolute atomic E-state index is 13.6. The fourth-order valence-electron chi connectivity index (χ4n) is 6.56. The molecule has 5 unspecified atom stereocenters. The summed E-state index contributed by atoms with van der Waals surface area (Å²) < 4.78 is 0. The van der Waals surface area contributed by atoms with Gasteiger partial charge in [0.1, 0.15) is 0 Å². The van der Waals surface area contributed by atoms with E-state index in [9.17, 15) is 14.7 Å². The van der Waals surface area contributed by atoms with Crippen LogP contribution >= 0.6 is 0 Å². The van der Waals surface area contributed by atoms with Gasteiger partial charge in [0.25, 0.3) is 0 Å². The average molecular weight is 432 g/mol. The number of Topliss-reactive ketones (excluding diaryl/α,β-unsaturated/α-hetero) is 1. The van der Waals surface area contributed by atoms with E-state index in [2.05, 4.69) is 4.90 Å². The van der Waals surface area contributed by atoms with Crippen LogP contribution in [0.1, 0.15) is 67.3 Å². The molecule has 4 nitrogen and oxygen atoms in total. The number of ketones is 1. The lowest BCUT2D eigenvalue weighted by molar-refractivity contribution is -0.158. The number of hydrogen-bond acceptors (Lipinski definition) is 3. The molecule has 1 heterocycles. The Balaban J connectivity index is 1.31. The number of fused-ring (bicyclic) bond motifs is 1. The Morgan fingerprint density at radius 3 is 2.25 bits per heavy atom. The molecule has 2 aliphatic carbocycles. The molecule has 5 rings (SSSR count). The average Bonchev–Trinajstić information content (AvgIpc) is 3.35. The van der Waals surface area contributed by atoms with E-state index in [0.717, 1.165) is 49.7 Å². The summed E-state index contributed by atoms with van der Waals surface area (Å²) in [4.78, 5) is 28.6. The van der Waals surface area contributed by atoms with E-state index in [0.29, 0.717) is 19.4 Å². The number of amides is 1. The molecule has 5 atom stereocenters. The van der Waals surface area contributed by atoms with Crippen LogP contribution in [-0.4, -0.2) is 34.3 Å². The summed E-state index contributed by atoms with van der Waals surface area (Å²) in [5, 5.41) is 11.8. The van der Waals surface area contributed by atoms with E-state index in [-0.39, 0.29) is 35.5 Å². The van der Waals surface area contributed by atoms with Gasteiger partial charge >= 0.3 is 0 Å². The van der Waals surface area contributed by atoms with Gasteiger partial charge in [0.15, 0.2) is 5.78 Å². The lowest BCUT2D eigenvalue weighted by atomic mass is 9.66. The van der Waals surface area contributed by atoms with Crippen molar-refractivity contribution in [2.75, 3.05) is 6.54 Å². The van der Waals surface area contributed by atoms with E-state index in [1.54, 1.807) is 0 Å². The first-order valence-corrected chi connectivity index (χ1v) is 12.3. The monoisotopic (exact) mass is 431 g/mol. The molecule has 0 bridgehead atoms. The Morgan fingerprint density at radius 1 is 0.844 bits per heavy atom. The fourth-order valence-corrected chi connectivity index (χ4v) is 6.56. The number of carbonyl (C=O) groups is 2. The van der Waals surface area contributed by atoms with Gasteiger partial charge in [0.05, 0.1) is 5.60 Å². The number of benzene rings is 2. The summed E-state index contributed by atoms with van der Waals surface area (Å²) in [5.41, 5.74) is 0.882. The van der Waals surface area contributed by atoms with E-state index in [4.69, 9.17) is 0 Å². The molecule has 1 saturated heterocycles. The molecular formula is C28H33NO3. The summed E-state index contributed by atoms with van der Waals surface area (Å²) in [6.45, 7) is 0.596. The van der Waals surface area contributed by atoms with Crippen LogP contribution in [-0.2, 0) is 10.4 Å². The number of aliphatic hydroxyl groups is 1. The second kappa shape index (κ2) is 8.82. The van der Waals surface area contributed by atoms with Crippen molar-refractivity contribution in [1.29, 1.82) is 0 Å². The second-order valence-electron chi connectivity index (χ2n) is 9.97. The van der Waals surface area contributed by atoms with Crippen LogP contribution in [0.5, 0.6) is 0 Å². The minimum atomic E-state index is -0.857. The Morgan fingerprint density at radius 2 is 1.50 bits per heavy atom. The molecule has 168 valence electrons. The lowest BCUT2D eigenvalue weighted by Crippen LogP contribution is -2.59. The predicted molar refractivity (Wildman–Crippen MR) is 124 cm³/mol. The lowest BCUT2D eigenvalue weighted by Gasteiger charge is -2.53. The number of carbonyl (C=O) groups excluding carboxylic acids is 2. The number of likely N-dealkylation sites (tertiary alicyclic amines) is 1. The van der Waals surface area contributed by atoms with Gasteiger partial charge < -0.3 is 10.0 Å². The van der Waals surface area contributed by atoms with Crippen molar-refractivity contribution in [2.45, 2.75) is 63.0 Å². The third-order valence-electron chi connectivity index (χ3n) is 8.24. The molecule has 1 amide bonds. The van der Waals surface area contributed by atoms with Crippen molar-refractivity contribution in [1.82, 2.24) is 4.90 Å². The van der Waals surface area contributed by atoms with Gasteiger partial charge in [-0.05, 0) is 44.1 Å². The number of nitrogens with zero attached hydrogens (tertiary/aromatic N) is 1. The summed E-state index contributed by atoms with van der Waals surface area (Å²) in [5.74, 6) is 0.339. The summed E-state index contributed by atoms with van der Waals surface area (Å²) >= 11 is 0. The zero-order chi connectivity index (χ0) is 22.1. The van der Waals surface area contributed by atoms with Crippen molar-refractivity contribution in [3.63, 3.8) is 0 Å². The Bertz CT molecular complexity index is 959. The maximum atomic E-state index is 13.6. The van der Waals surface area contributed by atoms with E-state index in [1.807, 2.05) is 60.7 Å². The highest BCUT2D eigenvalue weighted by Crippen LogP contribution is 2.48.